The van der Waals surface area contributed by atoms with E-state index in [9.17, 15) is 9.18 Å². The summed E-state index contributed by atoms with van der Waals surface area (Å²) in [6, 6.07) is 14.7. The molecule has 158 valence electrons. The summed E-state index contributed by atoms with van der Waals surface area (Å²) in [5.41, 5.74) is 3.14. The van der Waals surface area contributed by atoms with Crippen LogP contribution in [0.4, 0.5) is 4.39 Å². The number of amides is 1. The maximum Gasteiger partial charge on any atom is 0.220 e. The number of aromatic nitrogens is 1. The van der Waals surface area contributed by atoms with Crippen LogP contribution in [0.5, 0.6) is 0 Å². The maximum absolute atomic E-state index is 13.5. The number of ether oxygens (including phenoxy) is 1. The van der Waals surface area contributed by atoms with E-state index in [2.05, 4.69) is 33.1 Å². The number of nitrogens with zero attached hydrogens (tertiary/aromatic N) is 2. The quantitative estimate of drug-likeness (QED) is 0.651. The summed E-state index contributed by atoms with van der Waals surface area (Å²) in [5, 5.41) is 4.18. The molecule has 2 heterocycles. The number of para-hydroxylation sites is 1. The molecular formula is C24H28FN3O2. The van der Waals surface area contributed by atoms with Crippen LogP contribution < -0.4 is 5.32 Å². The Morgan fingerprint density at radius 1 is 1.13 bits per heavy atom. The van der Waals surface area contributed by atoms with Crippen molar-refractivity contribution in [2.75, 3.05) is 39.4 Å². The number of hydrogen-bond donors (Lipinski definition) is 1. The smallest absolute Gasteiger partial charge is 0.220 e. The highest BCUT2D eigenvalue weighted by Gasteiger charge is 2.22. The predicted octanol–water partition coefficient (Wildman–Crippen LogP) is 3.29. The van der Waals surface area contributed by atoms with Gasteiger partial charge >= 0.3 is 0 Å². The second kappa shape index (κ2) is 9.41. The fourth-order valence-electron chi connectivity index (χ4n) is 4.19. The molecule has 1 atom stereocenters. The number of aryl methyl sites for hydroxylation is 1. The topological polar surface area (TPSA) is 46.5 Å². The molecule has 0 saturated carbocycles. The molecule has 1 saturated heterocycles. The van der Waals surface area contributed by atoms with Crippen LogP contribution in [0.15, 0.2) is 54.7 Å². The van der Waals surface area contributed by atoms with Gasteiger partial charge in [-0.05, 0) is 29.3 Å². The second-order valence-electron chi connectivity index (χ2n) is 7.82. The molecule has 2 aromatic carbocycles. The summed E-state index contributed by atoms with van der Waals surface area (Å²) in [6.07, 6.45) is 2.41. The molecule has 5 nitrogen and oxygen atoms in total. The van der Waals surface area contributed by atoms with E-state index < -0.39 is 0 Å². The Bertz CT molecular complexity index is 993. The van der Waals surface area contributed by atoms with Gasteiger partial charge in [-0.2, -0.15) is 0 Å². The molecule has 6 heteroatoms. The molecular weight excluding hydrogens is 381 g/mol. The average molecular weight is 410 g/mol. The number of halogens is 1. The average Bonchev–Trinajstić information content (AvgIpc) is 3.10. The van der Waals surface area contributed by atoms with Crippen LogP contribution in [0.1, 0.15) is 23.5 Å². The Morgan fingerprint density at radius 2 is 1.87 bits per heavy atom. The molecule has 1 N–H and O–H groups in total. The lowest BCUT2D eigenvalue weighted by molar-refractivity contribution is -0.121. The molecule has 30 heavy (non-hydrogen) atoms. The molecule has 0 radical (unpaired) electrons. The third kappa shape index (κ3) is 4.71. The van der Waals surface area contributed by atoms with Crippen LogP contribution in [0.3, 0.4) is 0 Å². The number of nitrogens with one attached hydrogen (secondary N) is 1. The minimum absolute atomic E-state index is 0.00511. The minimum Gasteiger partial charge on any atom is -0.379 e. The van der Waals surface area contributed by atoms with Gasteiger partial charge in [0.05, 0.1) is 13.2 Å². The van der Waals surface area contributed by atoms with E-state index in [0.29, 0.717) is 13.0 Å². The number of hydrogen-bond acceptors (Lipinski definition) is 3. The Morgan fingerprint density at radius 3 is 2.63 bits per heavy atom. The Balaban J connectivity index is 1.52. The van der Waals surface area contributed by atoms with Crippen molar-refractivity contribution < 1.29 is 13.9 Å². The third-order valence-corrected chi connectivity index (χ3v) is 5.82. The number of fused-ring (bicyclic) bond motifs is 1. The largest absolute Gasteiger partial charge is 0.379 e. The molecule has 1 aliphatic rings. The summed E-state index contributed by atoms with van der Waals surface area (Å²) in [6.45, 7) is 4.76. The van der Waals surface area contributed by atoms with Gasteiger partial charge in [-0.25, -0.2) is 4.39 Å². The molecule has 4 rings (SSSR count). The number of carbonyl (C=O) groups is 1. The highest BCUT2D eigenvalue weighted by Crippen LogP contribution is 2.34. The van der Waals surface area contributed by atoms with Crippen LogP contribution in [0.2, 0.25) is 0 Å². The van der Waals surface area contributed by atoms with E-state index in [4.69, 9.17) is 4.74 Å². The predicted molar refractivity (Wildman–Crippen MR) is 116 cm³/mol. The molecule has 1 aliphatic heterocycles. The summed E-state index contributed by atoms with van der Waals surface area (Å²) >= 11 is 0. The van der Waals surface area contributed by atoms with Gasteiger partial charge in [0.15, 0.2) is 0 Å². The SMILES string of the molecule is Cn1cc([C@@H](CC(=O)NCCN2CCOCC2)c2ccc(F)cc2)c2ccccc21. The van der Waals surface area contributed by atoms with Gasteiger partial charge in [0.1, 0.15) is 5.82 Å². The Hall–Kier alpha value is -2.70. The van der Waals surface area contributed by atoms with Crippen molar-refractivity contribution in [3.63, 3.8) is 0 Å². The number of rotatable bonds is 7. The van der Waals surface area contributed by atoms with Gasteiger partial charge in [-0.15, -0.1) is 0 Å². The van der Waals surface area contributed by atoms with Crippen molar-refractivity contribution in [2.24, 2.45) is 7.05 Å². The first kappa shape index (κ1) is 20.6. The van der Waals surface area contributed by atoms with Gasteiger partial charge in [0.25, 0.3) is 0 Å². The van der Waals surface area contributed by atoms with Crippen molar-refractivity contribution in [2.45, 2.75) is 12.3 Å². The molecule has 1 fully saturated rings. The van der Waals surface area contributed by atoms with E-state index >= 15 is 0 Å². The number of carbonyl (C=O) groups excluding carboxylic acids is 1. The zero-order chi connectivity index (χ0) is 20.9. The summed E-state index contributed by atoms with van der Waals surface area (Å²) in [4.78, 5) is 15.1. The van der Waals surface area contributed by atoms with Crippen LogP contribution in [0.25, 0.3) is 10.9 Å². The molecule has 0 unspecified atom stereocenters. The van der Waals surface area contributed by atoms with Crippen LogP contribution in [0, 0.1) is 5.82 Å². The van der Waals surface area contributed by atoms with E-state index in [1.54, 1.807) is 12.1 Å². The van der Waals surface area contributed by atoms with Crippen molar-refractivity contribution in [3.05, 3.63) is 71.7 Å². The second-order valence-corrected chi connectivity index (χ2v) is 7.82. The van der Waals surface area contributed by atoms with E-state index in [-0.39, 0.29) is 17.6 Å². The number of benzene rings is 2. The first-order valence-corrected chi connectivity index (χ1v) is 10.5. The monoisotopic (exact) mass is 409 g/mol. The van der Waals surface area contributed by atoms with Crippen LogP contribution >= 0.6 is 0 Å². The zero-order valence-corrected chi connectivity index (χ0v) is 17.3. The van der Waals surface area contributed by atoms with Crippen LogP contribution in [-0.4, -0.2) is 54.8 Å². The van der Waals surface area contributed by atoms with Crippen LogP contribution in [-0.2, 0) is 16.6 Å². The fourth-order valence-corrected chi connectivity index (χ4v) is 4.19. The molecule has 0 aliphatic carbocycles. The van der Waals surface area contributed by atoms with Gasteiger partial charge in [-0.1, -0.05) is 30.3 Å². The third-order valence-electron chi connectivity index (χ3n) is 5.82. The van der Waals surface area contributed by atoms with E-state index in [1.165, 1.54) is 12.1 Å². The summed E-state index contributed by atoms with van der Waals surface area (Å²) in [7, 11) is 2.01. The molecule has 1 aromatic heterocycles. The van der Waals surface area contributed by atoms with Crippen molar-refractivity contribution in [3.8, 4) is 0 Å². The lowest BCUT2D eigenvalue weighted by Crippen LogP contribution is -2.41. The fraction of sp³-hybridized carbons (Fsp3) is 0.375. The van der Waals surface area contributed by atoms with Gasteiger partial charge < -0.3 is 14.6 Å². The summed E-state index contributed by atoms with van der Waals surface area (Å²) in [5.74, 6) is -0.406. The molecule has 0 bridgehead atoms. The highest BCUT2D eigenvalue weighted by molar-refractivity contribution is 5.86. The maximum atomic E-state index is 13.5. The van der Waals surface area contributed by atoms with Gasteiger partial charge in [0, 0.05) is 62.7 Å². The van der Waals surface area contributed by atoms with Crippen molar-refractivity contribution in [1.29, 1.82) is 0 Å². The molecule has 0 spiro atoms. The van der Waals surface area contributed by atoms with E-state index in [0.717, 1.165) is 54.9 Å². The van der Waals surface area contributed by atoms with Gasteiger partial charge in [-0.3, -0.25) is 9.69 Å². The Kier molecular flexibility index (Phi) is 6.45. The first-order chi connectivity index (χ1) is 14.6. The van der Waals surface area contributed by atoms with E-state index in [1.807, 2.05) is 19.2 Å². The van der Waals surface area contributed by atoms with Crippen molar-refractivity contribution >= 4 is 16.8 Å². The lowest BCUT2D eigenvalue weighted by Gasteiger charge is -2.26. The lowest BCUT2D eigenvalue weighted by atomic mass is 9.88. The standard InChI is InChI=1S/C24H28FN3O2/c1-27-17-22(20-4-2-3-5-23(20)27)21(18-6-8-19(25)9-7-18)16-24(29)26-10-11-28-12-14-30-15-13-28/h2-9,17,21H,10-16H2,1H3,(H,26,29)/t21-/m0/s1. The normalized spacial score (nSPS) is 15.9. The summed E-state index contributed by atoms with van der Waals surface area (Å²) < 4.78 is 21.0. The number of morpholine rings is 1. The molecule has 1 amide bonds. The first-order valence-electron chi connectivity index (χ1n) is 10.5. The highest BCUT2D eigenvalue weighted by atomic mass is 19.1. The van der Waals surface area contributed by atoms with Gasteiger partial charge in [0.2, 0.25) is 5.91 Å². The van der Waals surface area contributed by atoms with Crippen molar-refractivity contribution in [1.82, 2.24) is 14.8 Å². The minimum atomic E-state index is -0.273. The Labute approximate surface area is 176 Å². The molecule has 3 aromatic rings. The zero-order valence-electron chi connectivity index (χ0n) is 17.3.